The molecule has 19 heavy (non-hydrogen) atoms. The first kappa shape index (κ1) is 12.7. The molecule has 98 valence electrons. The number of hydrogen-bond donors (Lipinski definition) is 2. The molecule has 1 aromatic heterocycles. The lowest BCUT2D eigenvalue weighted by molar-refractivity contribution is -0.119. The van der Waals surface area contributed by atoms with Crippen molar-refractivity contribution < 1.29 is 14.7 Å². The van der Waals surface area contributed by atoms with Crippen LogP contribution in [-0.2, 0) is 4.79 Å². The summed E-state index contributed by atoms with van der Waals surface area (Å²) < 4.78 is 1.43. The molecule has 0 spiro atoms. The van der Waals surface area contributed by atoms with E-state index in [1.807, 2.05) is 0 Å². The van der Waals surface area contributed by atoms with E-state index in [0.717, 1.165) is 0 Å². The molecule has 2 rings (SSSR count). The first-order chi connectivity index (χ1) is 9.08. The topological polar surface area (TPSA) is 97.1 Å². The molecule has 2 aromatic rings. The average molecular weight is 260 g/mol. The summed E-state index contributed by atoms with van der Waals surface area (Å²) in [5, 5.41) is 15.3. The Kier molecular flexibility index (Phi) is 3.56. The van der Waals surface area contributed by atoms with Crippen molar-refractivity contribution in [1.29, 1.82) is 0 Å². The number of carbonyl (C=O) groups is 2. The van der Waals surface area contributed by atoms with Gasteiger partial charge in [0, 0.05) is 5.69 Å². The number of carboxylic acids is 1. The van der Waals surface area contributed by atoms with E-state index in [1.54, 1.807) is 6.92 Å². The summed E-state index contributed by atoms with van der Waals surface area (Å²) in [7, 11) is 0. The number of nitrogens with zero attached hydrogens (tertiary/aromatic N) is 3. The molecule has 1 atom stereocenters. The molecule has 7 nitrogen and oxygen atoms in total. The predicted molar refractivity (Wildman–Crippen MR) is 66.8 cm³/mol. The van der Waals surface area contributed by atoms with Crippen LogP contribution in [0.15, 0.2) is 36.9 Å². The molecule has 0 fully saturated rings. The number of amides is 1. The Morgan fingerprint density at radius 1 is 1.32 bits per heavy atom. The number of rotatable bonds is 4. The summed E-state index contributed by atoms with van der Waals surface area (Å²) in [4.78, 5) is 26.4. The van der Waals surface area contributed by atoms with E-state index < -0.39 is 12.0 Å². The van der Waals surface area contributed by atoms with Crippen molar-refractivity contribution in [3.8, 4) is 0 Å². The monoisotopic (exact) mass is 260 g/mol. The van der Waals surface area contributed by atoms with Crippen LogP contribution in [0.1, 0.15) is 23.3 Å². The summed E-state index contributed by atoms with van der Waals surface area (Å²) in [5.41, 5.74) is 0.698. The van der Waals surface area contributed by atoms with Gasteiger partial charge in [0.2, 0.25) is 5.91 Å². The molecular formula is C12H12N4O3. The van der Waals surface area contributed by atoms with Crippen LogP contribution < -0.4 is 5.32 Å². The van der Waals surface area contributed by atoms with E-state index in [0.29, 0.717) is 5.69 Å². The van der Waals surface area contributed by atoms with Gasteiger partial charge in [-0.3, -0.25) is 4.79 Å². The largest absolute Gasteiger partial charge is 0.478 e. The summed E-state index contributed by atoms with van der Waals surface area (Å²) in [6.07, 6.45) is 2.81. The maximum atomic E-state index is 11.9. The molecule has 7 heteroatoms. The van der Waals surface area contributed by atoms with Gasteiger partial charge in [0.15, 0.2) is 0 Å². The zero-order valence-electron chi connectivity index (χ0n) is 10.1. The van der Waals surface area contributed by atoms with Crippen LogP contribution in [0.2, 0.25) is 0 Å². The highest BCUT2D eigenvalue weighted by Crippen LogP contribution is 2.12. The van der Waals surface area contributed by atoms with E-state index in [-0.39, 0.29) is 11.5 Å². The lowest BCUT2D eigenvalue weighted by Gasteiger charge is -2.12. The molecule has 0 aliphatic carbocycles. The van der Waals surface area contributed by atoms with Gasteiger partial charge in [0.05, 0.1) is 5.56 Å². The van der Waals surface area contributed by atoms with Crippen LogP contribution in [0.5, 0.6) is 0 Å². The van der Waals surface area contributed by atoms with E-state index in [1.165, 1.54) is 41.6 Å². The number of nitrogens with one attached hydrogen (secondary N) is 1. The molecule has 0 bridgehead atoms. The third kappa shape index (κ3) is 2.95. The minimum absolute atomic E-state index is 0.169. The van der Waals surface area contributed by atoms with Crippen molar-refractivity contribution in [1.82, 2.24) is 14.8 Å². The van der Waals surface area contributed by atoms with Gasteiger partial charge in [-0.1, -0.05) is 0 Å². The highest BCUT2D eigenvalue weighted by Gasteiger charge is 2.15. The molecular weight excluding hydrogens is 248 g/mol. The maximum absolute atomic E-state index is 11.9. The number of benzene rings is 1. The second kappa shape index (κ2) is 5.30. The highest BCUT2D eigenvalue weighted by molar-refractivity contribution is 5.94. The van der Waals surface area contributed by atoms with Crippen molar-refractivity contribution in [2.75, 3.05) is 5.32 Å². The molecule has 0 saturated heterocycles. The SMILES string of the molecule is CC(C(=O)Nc1ccc(C(=O)O)cc1)n1cncn1. The fourth-order valence-electron chi connectivity index (χ4n) is 1.48. The second-order valence-corrected chi connectivity index (χ2v) is 3.92. The summed E-state index contributed by atoms with van der Waals surface area (Å²) >= 11 is 0. The lowest BCUT2D eigenvalue weighted by Crippen LogP contribution is -2.24. The Morgan fingerprint density at radius 3 is 2.53 bits per heavy atom. The molecule has 1 amide bonds. The smallest absolute Gasteiger partial charge is 0.335 e. The molecule has 1 aromatic carbocycles. The Hall–Kier alpha value is -2.70. The van der Waals surface area contributed by atoms with Gasteiger partial charge in [-0.25, -0.2) is 14.5 Å². The van der Waals surface area contributed by atoms with Crippen LogP contribution in [0.4, 0.5) is 5.69 Å². The molecule has 1 heterocycles. The molecule has 2 N–H and O–H groups in total. The number of aromatic nitrogens is 3. The number of anilines is 1. The van der Waals surface area contributed by atoms with Crippen molar-refractivity contribution in [2.24, 2.45) is 0 Å². The predicted octanol–water partition coefficient (Wildman–Crippen LogP) is 1.18. The minimum atomic E-state index is -1.01. The number of hydrogen-bond acceptors (Lipinski definition) is 4. The van der Waals surface area contributed by atoms with Crippen molar-refractivity contribution in [2.45, 2.75) is 13.0 Å². The third-order valence-corrected chi connectivity index (χ3v) is 2.61. The molecule has 0 aliphatic heterocycles. The Labute approximate surface area is 108 Å². The number of aromatic carboxylic acids is 1. The third-order valence-electron chi connectivity index (χ3n) is 2.61. The van der Waals surface area contributed by atoms with E-state index >= 15 is 0 Å². The first-order valence-electron chi connectivity index (χ1n) is 5.56. The highest BCUT2D eigenvalue weighted by atomic mass is 16.4. The van der Waals surface area contributed by atoms with E-state index in [4.69, 9.17) is 5.11 Å². The first-order valence-corrected chi connectivity index (χ1v) is 5.56. The zero-order valence-corrected chi connectivity index (χ0v) is 10.1. The Balaban J connectivity index is 2.04. The molecule has 0 aliphatic rings. The van der Waals surface area contributed by atoms with Gasteiger partial charge in [-0.2, -0.15) is 5.10 Å². The molecule has 1 unspecified atom stereocenters. The van der Waals surface area contributed by atoms with Gasteiger partial charge >= 0.3 is 5.97 Å². The van der Waals surface area contributed by atoms with Crippen molar-refractivity contribution in [3.05, 3.63) is 42.5 Å². The summed E-state index contributed by atoms with van der Waals surface area (Å²) in [5.74, 6) is -1.26. The van der Waals surface area contributed by atoms with Crippen LogP contribution in [0, 0.1) is 0 Å². The van der Waals surface area contributed by atoms with Gasteiger partial charge in [0.25, 0.3) is 0 Å². The summed E-state index contributed by atoms with van der Waals surface area (Å²) in [6, 6.07) is 5.43. The normalized spacial score (nSPS) is 11.8. The average Bonchev–Trinajstić information content (AvgIpc) is 2.92. The van der Waals surface area contributed by atoms with Crippen molar-refractivity contribution in [3.63, 3.8) is 0 Å². The van der Waals surface area contributed by atoms with Gasteiger partial charge in [-0.15, -0.1) is 0 Å². The minimum Gasteiger partial charge on any atom is -0.478 e. The van der Waals surface area contributed by atoms with Gasteiger partial charge in [0.1, 0.15) is 18.7 Å². The van der Waals surface area contributed by atoms with Crippen LogP contribution in [0.3, 0.4) is 0 Å². The number of carboxylic acid groups (broad SMARTS) is 1. The van der Waals surface area contributed by atoms with Crippen LogP contribution in [0.25, 0.3) is 0 Å². The van der Waals surface area contributed by atoms with Gasteiger partial charge in [-0.05, 0) is 31.2 Å². The Bertz CT molecular complexity index is 578. The molecule has 0 radical (unpaired) electrons. The van der Waals surface area contributed by atoms with Crippen LogP contribution in [-0.4, -0.2) is 31.7 Å². The van der Waals surface area contributed by atoms with Crippen LogP contribution >= 0.6 is 0 Å². The fourth-order valence-corrected chi connectivity index (χ4v) is 1.48. The second-order valence-electron chi connectivity index (χ2n) is 3.92. The quantitative estimate of drug-likeness (QED) is 0.860. The Morgan fingerprint density at radius 2 is 2.00 bits per heavy atom. The maximum Gasteiger partial charge on any atom is 0.335 e. The van der Waals surface area contributed by atoms with Gasteiger partial charge < -0.3 is 10.4 Å². The lowest BCUT2D eigenvalue weighted by atomic mass is 10.2. The molecule has 0 saturated carbocycles. The van der Waals surface area contributed by atoms with Crippen molar-refractivity contribution >= 4 is 17.6 Å². The van der Waals surface area contributed by atoms with E-state index in [2.05, 4.69) is 15.4 Å². The summed E-state index contributed by atoms with van der Waals surface area (Å²) in [6.45, 7) is 1.69. The van der Waals surface area contributed by atoms with E-state index in [9.17, 15) is 9.59 Å². The fraction of sp³-hybridized carbons (Fsp3) is 0.167. The standard InChI is InChI=1S/C12H12N4O3/c1-8(16-7-13-6-14-16)11(17)15-10-4-2-9(3-5-10)12(18)19/h2-8H,1H3,(H,15,17)(H,18,19). The zero-order chi connectivity index (χ0) is 13.8. The number of carbonyl (C=O) groups excluding carboxylic acids is 1.